The molecule has 0 aliphatic rings. The van der Waals surface area contributed by atoms with Crippen LogP contribution in [-0.2, 0) is 14.3 Å². The summed E-state index contributed by atoms with van der Waals surface area (Å²) in [7, 11) is 0. The summed E-state index contributed by atoms with van der Waals surface area (Å²) < 4.78 is 24.0. The maximum absolute atomic E-state index is 13.1. The molecule has 0 saturated heterocycles. The Bertz CT molecular complexity index is 1170. The molecule has 6 nitrogen and oxygen atoms in total. The summed E-state index contributed by atoms with van der Waals surface area (Å²) >= 11 is 11.8. The molecule has 1 unspecified atom stereocenters. The van der Waals surface area contributed by atoms with E-state index >= 15 is 0 Å². The van der Waals surface area contributed by atoms with E-state index in [9.17, 15) is 18.8 Å². The van der Waals surface area contributed by atoms with Gasteiger partial charge in [0.1, 0.15) is 17.3 Å². The van der Waals surface area contributed by atoms with Crippen molar-refractivity contribution in [3.05, 3.63) is 89.2 Å². The highest BCUT2D eigenvalue weighted by molar-refractivity contribution is 6.32. The summed E-state index contributed by atoms with van der Waals surface area (Å²) in [4.78, 5) is 37.0. The van der Waals surface area contributed by atoms with Crippen molar-refractivity contribution in [2.75, 3.05) is 11.2 Å². The number of carbonyl (C=O) groups excluding carboxylic acids is 3. The zero-order chi connectivity index (χ0) is 25.2. The summed E-state index contributed by atoms with van der Waals surface area (Å²) in [6, 6.07) is 18.6. The molecule has 1 atom stereocenters. The third-order valence-electron chi connectivity index (χ3n) is 4.82. The summed E-state index contributed by atoms with van der Waals surface area (Å²) in [5, 5.41) is 3.16. The van der Waals surface area contributed by atoms with Gasteiger partial charge in [0.15, 0.2) is 6.10 Å². The first-order chi connectivity index (χ1) is 16.9. The molecule has 0 aliphatic carbocycles. The standard InChI is InChI=1S/C26H22Cl2FNO5/c27-16-15-23(26(33)17-5-7-18(29)8-6-17)35-25(32)14-13-24(31)30-19-9-11-20(12-10-19)34-22-4-2-1-3-21(22)28/h1-12,23H,13-16H2,(H,30,31). The molecule has 35 heavy (non-hydrogen) atoms. The molecule has 3 aromatic rings. The number of benzene rings is 3. The van der Waals surface area contributed by atoms with E-state index in [2.05, 4.69) is 5.32 Å². The molecule has 9 heteroatoms. The number of anilines is 1. The van der Waals surface area contributed by atoms with Crippen molar-refractivity contribution in [3.8, 4) is 11.5 Å². The van der Waals surface area contributed by atoms with Crippen molar-refractivity contribution in [3.63, 3.8) is 0 Å². The van der Waals surface area contributed by atoms with Crippen LogP contribution in [0.1, 0.15) is 29.6 Å². The van der Waals surface area contributed by atoms with Crippen LogP contribution < -0.4 is 10.1 Å². The number of nitrogens with one attached hydrogen (secondary N) is 1. The monoisotopic (exact) mass is 517 g/mol. The first-order valence-electron chi connectivity index (χ1n) is 10.7. The van der Waals surface area contributed by atoms with Crippen LogP contribution in [0.4, 0.5) is 10.1 Å². The van der Waals surface area contributed by atoms with Crippen LogP contribution in [0.5, 0.6) is 11.5 Å². The lowest BCUT2D eigenvalue weighted by Gasteiger charge is -2.16. The Morgan fingerprint density at radius 1 is 0.914 bits per heavy atom. The van der Waals surface area contributed by atoms with Crippen molar-refractivity contribution in [2.45, 2.75) is 25.4 Å². The van der Waals surface area contributed by atoms with E-state index in [1.165, 1.54) is 12.1 Å². The van der Waals surface area contributed by atoms with Crippen molar-refractivity contribution in [2.24, 2.45) is 0 Å². The van der Waals surface area contributed by atoms with E-state index in [0.29, 0.717) is 22.2 Å². The predicted octanol–water partition coefficient (Wildman–Crippen LogP) is 6.41. The lowest BCUT2D eigenvalue weighted by Crippen LogP contribution is -2.28. The first kappa shape index (κ1) is 26.2. The van der Waals surface area contributed by atoms with Gasteiger partial charge in [-0.1, -0.05) is 23.7 Å². The Morgan fingerprint density at radius 2 is 1.60 bits per heavy atom. The molecule has 0 aliphatic heterocycles. The Labute approximate surface area is 211 Å². The second kappa shape index (κ2) is 12.9. The number of ketones is 1. The molecule has 0 bridgehead atoms. The van der Waals surface area contributed by atoms with Crippen LogP contribution in [0, 0.1) is 5.82 Å². The van der Waals surface area contributed by atoms with Crippen LogP contribution in [-0.4, -0.2) is 29.6 Å². The molecule has 0 saturated carbocycles. The number of para-hydroxylation sites is 1. The zero-order valence-electron chi connectivity index (χ0n) is 18.5. The first-order valence-corrected chi connectivity index (χ1v) is 11.6. The predicted molar refractivity (Wildman–Crippen MR) is 132 cm³/mol. The molecule has 1 amide bonds. The van der Waals surface area contributed by atoms with Crippen molar-refractivity contribution in [1.29, 1.82) is 0 Å². The number of hydrogen-bond donors (Lipinski definition) is 1. The molecule has 3 aromatic carbocycles. The van der Waals surface area contributed by atoms with Gasteiger partial charge in [-0.05, 0) is 60.7 Å². The summed E-state index contributed by atoms with van der Waals surface area (Å²) in [5.41, 5.74) is 0.718. The molecule has 0 spiro atoms. The number of carbonyl (C=O) groups is 3. The molecule has 1 N–H and O–H groups in total. The highest BCUT2D eigenvalue weighted by Gasteiger charge is 2.24. The van der Waals surface area contributed by atoms with Gasteiger partial charge in [0.2, 0.25) is 11.7 Å². The topological polar surface area (TPSA) is 81.7 Å². The smallest absolute Gasteiger partial charge is 0.307 e. The Balaban J connectivity index is 1.48. The van der Waals surface area contributed by atoms with Gasteiger partial charge in [0.05, 0.1) is 11.4 Å². The number of Topliss-reactive ketones (excluding diaryl/α,β-unsaturated/α-hetero) is 1. The summed E-state index contributed by atoms with van der Waals surface area (Å²) in [6.07, 6.45) is -1.39. The normalized spacial score (nSPS) is 11.4. The minimum Gasteiger partial charge on any atom is -0.456 e. The van der Waals surface area contributed by atoms with Crippen LogP contribution >= 0.6 is 23.2 Å². The van der Waals surface area contributed by atoms with Gasteiger partial charge in [-0.15, -0.1) is 11.6 Å². The van der Waals surface area contributed by atoms with Gasteiger partial charge in [0, 0.05) is 30.0 Å². The molecule has 3 rings (SSSR count). The second-order valence-corrected chi connectivity index (χ2v) is 8.22. The molecule has 182 valence electrons. The number of ether oxygens (including phenoxy) is 2. The van der Waals surface area contributed by atoms with Gasteiger partial charge < -0.3 is 14.8 Å². The summed E-state index contributed by atoms with van der Waals surface area (Å²) in [5.74, 6) is -0.953. The Kier molecular flexibility index (Phi) is 9.64. The van der Waals surface area contributed by atoms with Gasteiger partial charge in [-0.3, -0.25) is 14.4 Å². The highest BCUT2D eigenvalue weighted by atomic mass is 35.5. The van der Waals surface area contributed by atoms with Gasteiger partial charge in [-0.25, -0.2) is 4.39 Å². The molecule has 0 radical (unpaired) electrons. The van der Waals surface area contributed by atoms with Gasteiger partial charge in [0.25, 0.3) is 0 Å². The van der Waals surface area contributed by atoms with Crippen molar-refractivity contribution < 1.29 is 28.2 Å². The average Bonchev–Trinajstić information content (AvgIpc) is 2.85. The zero-order valence-corrected chi connectivity index (χ0v) is 20.0. The Morgan fingerprint density at radius 3 is 2.26 bits per heavy atom. The maximum Gasteiger partial charge on any atom is 0.307 e. The van der Waals surface area contributed by atoms with E-state index in [1.54, 1.807) is 48.5 Å². The maximum atomic E-state index is 13.1. The molecule has 0 fully saturated rings. The van der Waals surface area contributed by atoms with E-state index in [-0.39, 0.29) is 30.7 Å². The van der Waals surface area contributed by atoms with Crippen LogP contribution in [0.25, 0.3) is 0 Å². The van der Waals surface area contributed by atoms with Crippen molar-refractivity contribution >= 4 is 46.5 Å². The molecule has 0 heterocycles. The lowest BCUT2D eigenvalue weighted by atomic mass is 10.0. The number of hydrogen-bond acceptors (Lipinski definition) is 5. The fourth-order valence-electron chi connectivity index (χ4n) is 3.06. The number of halogens is 3. The third-order valence-corrected chi connectivity index (χ3v) is 5.36. The van der Waals surface area contributed by atoms with Crippen molar-refractivity contribution in [1.82, 2.24) is 0 Å². The quantitative estimate of drug-likeness (QED) is 0.180. The van der Waals surface area contributed by atoms with Crippen LogP contribution in [0.3, 0.4) is 0 Å². The largest absolute Gasteiger partial charge is 0.456 e. The summed E-state index contributed by atoms with van der Waals surface area (Å²) in [6.45, 7) is 0. The van der Waals surface area contributed by atoms with Crippen LogP contribution in [0.2, 0.25) is 5.02 Å². The second-order valence-electron chi connectivity index (χ2n) is 7.43. The molecular weight excluding hydrogens is 496 g/mol. The minimum atomic E-state index is -1.11. The van der Waals surface area contributed by atoms with Gasteiger partial charge in [-0.2, -0.15) is 0 Å². The third kappa shape index (κ3) is 8.09. The fraction of sp³-hybridized carbons (Fsp3) is 0.192. The van der Waals surface area contributed by atoms with E-state index in [4.69, 9.17) is 32.7 Å². The SMILES string of the molecule is O=C(CCC(=O)OC(CCCl)C(=O)c1ccc(F)cc1)Nc1ccc(Oc2ccccc2Cl)cc1. The van der Waals surface area contributed by atoms with E-state index < -0.39 is 29.6 Å². The molecular formula is C26H22Cl2FNO5. The van der Waals surface area contributed by atoms with E-state index in [1.807, 2.05) is 0 Å². The number of esters is 1. The fourth-order valence-corrected chi connectivity index (χ4v) is 3.43. The van der Waals surface area contributed by atoms with Gasteiger partial charge >= 0.3 is 5.97 Å². The molecule has 0 aromatic heterocycles. The van der Waals surface area contributed by atoms with E-state index in [0.717, 1.165) is 12.1 Å². The average molecular weight is 518 g/mol. The number of alkyl halides is 1. The number of rotatable bonds is 11. The Hall–Kier alpha value is -3.42. The highest BCUT2D eigenvalue weighted by Crippen LogP contribution is 2.29. The minimum absolute atomic E-state index is 0.0849. The number of amides is 1. The lowest BCUT2D eigenvalue weighted by molar-refractivity contribution is -0.148. The van der Waals surface area contributed by atoms with Crippen LogP contribution in [0.15, 0.2) is 72.8 Å².